The molecule has 3 nitrogen and oxygen atoms in total. The number of nitrogens with zero attached hydrogens (tertiary/aromatic N) is 1. The Labute approximate surface area is 132 Å². The van der Waals surface area contributed by atoms with Crippen LogP contribution in [0.25, 0.3) is 6.08 Å². The van der Waals surface area contributed by atoms with Crippen LogP contribution in [0.5, 0.6) is 0 Å². The van der Waals surface area contributed by atoms with Gasteiger partial charge in [-0.3, -0.25) is 0 Å². The molecule has 0 radical (unpaired) electrons. The molecule has 0 bridgehead atoms. The summed E-state index contributed by atoms with van der Waals surface area (Å²) in [5.74, 6) is 1.18. The second kappa shape index (κ2) is 9.00. The summed E-state index contributed by atoms with van der Waals surface area (Å²) in [6.45, 7) is 6.48. The fraction of sp³-hybridized carbons (Fsp3) is 0.529. The van der Waals surface area contributed by atoms with E-state index in [9.17, 15) is 0 Å². The van der Waals surface area contributed by atoms with E-state index in [0.717, 1.165) is 26.2 Å². The van der Waals surface area contributed by atoms with Crippen molar-refractivity contribution in [3.8, 4) is 0 Å². The highest BCUT2D eigenvalue weighted by Gasteiger charge is 2.15. The van der Waals surface area contributed by atoms with Crippen LogP contribution in [-0.4, -0.2) is 39.0 Å². The lowest BCUT2D eigenvalue weighted by Gasteiger charge is -2.31. The lowest BCUT2D eigenvalue weighted by molar-refractivity contribution is 0.341. The number of piperazine rings is 1. The van der Waals surface area contributed by atoms with Gasteiger partial charge in [0.1, 0.15) is 0 Å². The molecule has 116 valence electrons. The average molecular weight is 306 g/mol. The first kappa shape index (κ1) is 16.2. The molecule has 1 aliphatic heterocycles. The predicted octanol–water partition coefficient (Wildman–Crippen LogP) is 3.61. The molecule has 1 fully saturated rings. The highest BCUT2D eigenvalue weighted by molar-refractivity contribution is 7.99. The van der Waals surface area contributed by atoms with Gasteiger partial charge in [-0.25, -0.2) is 0 Å². The van der Waals surface area contributed by atoms with Crippen LogP contribution in [0.2, 0.25) is 0 Å². The Bertz CT molecular complexity index is 456. The van der Waals surface area contributed by atoms with Crippen molar-refractivity contribution in [3.05, 3.63) is 30.0 Å². The van der Waals surface area contributed by atoms with Gasteiger partial charge >= 0.3 is 0 Å². The fourth-order valence-electron chi connectivity index (χ4n) is 2.47. The number of benzene rings is 1. The van der Waals surface area contributed by atoms with Gasteiger partial charge in [-0.15, -0.1) is 11.8 Å². The van der Waals surface area contributed by atoms with Gasteiger partial charge in [-0.1, -0.05) is 19.4 Å². The third-order valence-electron chi connectivity index (χ3n) is 3.63. The molecule has 0 unspecified atom stereocenters. The number of anilines is 1. The molecule has 2 rings (SSSR count). The van der Waals surface area contributed by atoms with Crippen molar-refractivity contribution in [3.63, 3.8) is 0 Å². The Hall–Kier alpha value is -1.13. The number of rotatable bonds is 7. The zero-order chi connectivity index (χ0) is 14.9. The predicted molar refractivity (Wildman–Crippen MR) is 93.2 cm³/mol. The van der Waals surface area contributed by atoms with Crippen LogP contribution in [0.3, 0.4) is 0 Å². The summed E-state index contributed by atoms with van der Waals surface area (Å²) in [6, 6.07) is 6.63. The highest BCUT2D eigenvalue weighted by atomic mass is 32.2. The Morgan fingerprint density at radius 3 is 2.86 bits per heavy atom. The van der Waals surface area contributed by atoms with Crippen molar-refractivity contribution in [1.29, 1.82) is 0 Å². The van der Waals surface area contributed by atoms with E-state index in [-0.39, 0.29) is 0 Å². The molecular weight excluding hydrogens is 280 g/mol. The topological polar surface area (TPSA) is 24.5 Å². The van der Waals surface area contributed by atoms with Gasteiger partial charge in [0.05, 0.1) is 13.4 Å². The SMILES string of the molecule is CCCCSc1cccc(N2CCNCC2)c1/C=C/OC. The summed E-state index contributed by atoms with van der Waals surface area (Å²) in [4.78, 5) is 3.82. The smallest absolute Gasteiger partial charge is 0.0831 e. The van der Waals surface area contributed by atoms with Gasteiger partial charge in [0, 0.05) is 42.3 Å². The maximum Gasteiger partial charge on any atom is 0.0831 e. The molecule has 0 aromatic heterocycles. The monoisotopic (exact) mass is 306 g/mol. The molecule has 0 spiro atoms. The lowest BCUT2D eigenvalue weighted by atomic mass is 10.1. The van der Waals surface area contributed by atoms with Crippen LogP contribution in [-0.2, 0) is 4.74 Å². The van der Waals surface area contributed by atoms with Crippen LogP contribution in [0.1, 0.15) is 25.3 Å². The van der Waals surface area contributed by atoms with Crippen LogP contribution in [0.4, 0.5) is 5.69 Å². The quantitative estimate of drug-likeness (QED) is 0.472. The molecule has 1 saturated heterocycles. The lowest BCUT2D eigenvalue weighted by Crippen LogP contribution is -2.43. The van der Waals surface area contributed by atoms with Gasteiger partial charge in [0.15, 0.2) is 0 Å². The number of hydrogen-bond acceptors (Lipinski definition) is 4. The second-order valence-corrected chi connectivity index (χ2v) is 6.30. The standard InChI is InChI=1S/C17H26N2OS/c1-3-4-14-21-17-7-5-6-16(15(17)8-13-20-2)19-11-9-18-10-12-19/h5-8,13,18H,3-4,9-12,14H2,1-2H3/b13-8+. The Morgan fingerprint density at radius 2 is 2.14 bits per heavy atom. The van der Waals surface area contributed by atoms with Crippen LogP contribution >= 0.6 is 11.8 Å². The molecule has 0 amide bonds. The summed E-state index contributed by atoms with van der Waals surface area (Å²) >= 11 is 1.95. The van der Waals surface area contributed by atoms with Gasteiger partial charge in [0.25, 0.3) is 0 Å². The molecule has 1 N–H and O–H groups in total. The molecule has 0 aliphatic carbocycles. The van der Waals surface area contributed by atoms with Gasteiger partial charge in [-0.05, 0) is 30.4 Å². The summed E-state index contributed by atoms with van der Waals surface area (Å²) in [5.41, 5.74) is 2.62. The molecule has 4 heteroatoms. The minimum atomic E-state index is 1.06. The van der Waals surface area contributed by atoms with Crippen molar-refractivity contribution in [2.75, 3.05) is 43.9 Å². The molecule has 0 atom stereocenters. The minimum absolute atomic E-state index is 1.06. The summed E-state index contributed by atoms with van der Waals surface area (Å²) in [7, 11) is 1.70. The van der Waals surface area contributed by atoms with Crippen molar-refractivity contribution in [1.82, 2.24) is 5.32 Å². The van der Waals surface area contributed by atoms with E-state index in [2.05, 4.69) is 41.4 Å². The third-order valence-corrected chi connectivity index (χ3v) is 4.79. The van der Waals surface area contributed by atoms with E-state index >= 15 is 0 Å². The largest absolute Gasteiger partial charge is 0.504 e. The number of methoxy groups -OCH3 is 1. The molecular formula is C17H26N2OS. The first-order valence-corrected chi connectivity index (χ1v) is 8.76. The summed E-state index contributed by atoms with van der Waals surface area (Å²) in [5, 5.41) is 3.41. The minimum Gasteiger partial charge on any atom is -0.504 e. The average Bonchev–Trinajstić information content (AvgIpc) is 2.54. The molecule has 21 heavy (non-hydrogen) atoms. The maximum atomic E-state index is 5.15. The first-order chi connectivity index (χ1) is 10.4. The van der Waals surface area contributed by atoms with E-state index < -0.39 is 0 Å². The normalized spacial score (nSPS) is 15.6. The molecule has 0 saturated carbocycles. The summed E-state index contributed by atoms with van der Waals surface area (Å²) in [6.07, 6.45) is 6.39. The van der Waals surface area contributed by atoms with Crippen molar-refractivity contribution in [2.45, 2.75) is 24.7 Å². The number of unbranched alkanes of at least 4 members (excludes halogenated alkanes) is 1. The van der Waals surface area contributed by atoms with Crippen LogP contribution in [0.15, 0.2) is 29.4 Å². The van der Waals surface area contributed by atoms with Gasteiger partial charge in [0.2, 0.25) is 0 Å². The maximum absolute atomic E-state index is 5.15. The van der Waals surface area contributed by atoms with E-state index in [4.69, 9.17) is 4.74 Å². The third kappa shape index (κ3) is 4.68. The van der Waals surface area contributed by atoms with Crippen LogP contribution in [0, 0.1) is 0 Å². The van der Waals surface area contributed by atoms with E-state index in [0.29, 0.717) is 0 Å². The molecule has 1 heterocycles. The van der Waals surface area contributed by atoms with Gasteiger partial charge < -0.3 is 15.0 Å². The number of nitrogens with one attached hydrogen (secondary N) is 1. The van der Waals surface area contributed by atoms with E-state index in [1.54, 1.807) is 13.4 Å². The van der Waals surface area contributed by atoms with E-state index in [1.807, 2.05) is 11.8 Å². The number of ether oxygens (including phenoxy) is 1. The van der Waals surface area contributed by atoms with E-state index in [1.165, 1.54) is 34.7 Å². The Morgan fingerprint density at radius 1 is 1.33 bits per heavy atom. The van der Waals surface area contributed by atoms with Crippen molar-refractivity contribution >= 4 is 23.5 Å². The zero-order valence-electron chi connectivity index (χ0n) is 13.1. The molecule has 1 aromatic carbocycles. The first-order valence-electron chi connectivity index (χ1n) is 7.77. The number of thioether (sulfide) groups is 1. The summed E-state index contributed by atoms with van der Waals surface area (Å²) < 4.78 is 5.15. The highest BCUT2D eigenvalue weighted by Crippen LogP contribution is 2.33. The molecule has 1 aromatic rings. The van der Waals surface area contributed by atoms with Crippen molar-refractivity contribution in [2.24, 2.45) is 0 Å². The second-order valence-electron chi connectivity index (χ2n) is 5.17. The Balaban J connectivity index is 2.24. The zero-order valence-corrected chi connectivity index (χ0v) is 13.9. The van der Waals surface area contributed by atoms with Gasteiger partial charge in [-0.2, -0.15) is 0 Å². The molecule has 1 aliphatic rings. The van der Waals surface area contributed by atoms with Crippen molar-refractivity contribution < 1.29 is 4.74 Å². The fourth-order valence-corrected chi connectivity index (χ4v) is 3.63. The Kier molecular flexibility index (Phi) is 6.96. The van der Waals surface area contributed by atoms with Crippen LogP contribution < -0.4 is 10.2 Å². The number of hydrogen-bond donors (Lipinski definition) is 1.